The van der Waals surface area contributed by atoms with Crippen LogP contribution in [0.15, 0.2) is 53.4 Å². The second-order valence-electron chi connectivity index (χ2n) is 7.43. The standard InChI is InChI=1S/C21H23F3N2O3S/c1-15-7-9-19(10-8-15)30(28,29)26-11-3-5-17(14-26)20(27)25-13-16-4-2-6-18(12-16)21(22,23)24/h2,4,6-10,12,17H,3,5,11,13-14H2,1H3,(H,25,27)/t17-/m0/s1. The quantitative estimate of drug-likeness (QED) is 0.771. The van der Waals surface area contributed by atoms with Gasteiger partial charge < -0.3 is 5.32 Å². The number of hydrogen-bond donors (Lipinski definition) is 1. The van der Waals surface area contributed by atoms with Crippen molar-refractivity contribution < 1.29 is 26.4 Å². The molecule has 2 aromatic rings. The summed E-state index contributed by atoms with van der Waals surface area (Å²) in [6, 6.07) is 11.3. The molecule has 1 saturated heterocycles. The Morgan fingerprint density at radius 1 is 1.17 bits per heavy atom. The second kappa shape index (κ2) is 8.77. The molecule has 0 unspecified atom stereocenters. The molecule has 162 valence electrons. The first kappa shape index (κ1) is 22.3. The van der Waals surface area contributed by atoms with Crippen LogP contribution in [0.5, 0.6) is 0 Å². The highest BCUT2D eigenvalue weighted by Gasteiger charge is 2.33. The third kappa shape index (κ3) is 5.20. The van der Waals surface area contributed by atoms with Crippen molar-refractivity contribution in [2.45, 2.75) is 37.4 Å². The number of aryl methyl sites for hydroxylation is 1. The number of nitrogens with one attached hydrogen (secondary N) is 1. The molecule has 0 spiro atoms. The van der Waals surface area contributed by atoms with Crippen molar-refractivity contribution in [3.05, 3.63) is 65.2 Å². The number of hydrogen-bond acceptors (Lipinski definition) is 3. The molecule has 0 bridgehead atoms. The Kier molecular flexibility index (Phi) is 6.52. The van der Waals surface area contributed by atoms with Crippen LogP contribution in [0.2, 0.25) is 0 Å². The maximum absolute atomic E-state index is 12.9. The van der Waals surface area contributed by atoms with E-state index in [-0.39, 0.29) is 23.9 Å². The molecule has 3 rings (SSSR count). The predicted molar refractivity (Wildman–Crippen MR) is 106 cm³/mol. The van der Waals surface area contributed by atoms with Crippen molar-refractivity contribution in [2.24, 2.45) is 5.92 Å². The number of carbonyl (C=O) groups is 1. The van der Waals surface area contributed by atoms with Crippen LogP contribution < -0.4 is 5.32 Å². The van der Waals surface area contributed by atoms with Crippen LogP contribution in [-0.2, 0) is 27.5 Å². The average molecular weight is 440 g/mol. The molecule has 1 heterocycles. The largest absolute Gasteiger partial charge is 0.416 e. The Labute approximate surface area is 173 Å². The maximum Gasteiger partial charge on any atom is 0.416 e. The van der Waals surface area contributed by atoms with Crippen molar-refractivity contribution in [3.63, 3.8) is 0 Å². The molecule has 5 nitrogen and oxygen atoms in total. The minimum atomic E-state index is -4.45. The Morgan fingerprint density at radius 3 is 2.53 bits per heavy atom. The first-order valence-electron chi connectivity index (χ1n) is 9.58. The molecule has 0 aromatic heterocycles. The van der Waals surface area contributed by atoms with Gasteiger partial charge in [-0.05, 0) is 49.6 Å². The number of piperidine rings is 1. The lowest BCUT2D eigenvalue weighted by atomic mass is 9.98. The third-order valence-electron chi connectivity index (χ3n) is 5.13. The van der Waals surface area contributed by atoms with E-state index < -0.39 is 27.7 Å². The molecule has 1 fully saturated rings. The third-order valence-corrected chi connectivity index (χ3v) is 7.01. The van der Waals surface area contributed by atoms with E-state index in [1.54, 1.807) is 24.3 Å². The normalized spacial score (nSPS) is 18.2. The minimum Gasteiger partial charge on any atom is -0.352 e. The SMILES string of the molecule is Cc1ccc(S(=O)(=O)N2CCC[C@H](C(=O)NCc3cccc(C(F)(F)F)c3)C2)cc1. The smallest absolute Gasteiger partial charge is 0.352 e. The van der Waals surface area contributed by atoms with E-state index >= 15 is 0 Å². The molecule has 1 atom stereocenters. The number of halogens is 3. The first-order valence-corrected chi connectivity index (χ1v) is 11.0. The number of alkyl halides is 3. The number of benzene rings is 2. The molecule has 0 saturated carbocycles. The summed E-state index contributed by atoms with van der Waals surface area (Å²) in [7, 11) is -3.71. The Balaban J connectivity index is 1.64. The van der Waals surface area contributed by atoms with E-state index in [0.717, 1.165) is 17.7 Å². The van der Waals surface area contributed by atoms with Gasteiger partial charge in [-0.2, -0.15) is 17.5 Å². The van der Waals surface area contributed by atoms with Gasteiger partial charge in [-0.15, -0.1) is 0 Å². The Morgan fingerprint density at radius 2 is 1.87 bits per heavy atom. The summed E-state index contributed by atoms with van der Waals surface area (Å²) in [6.07, 6.45) is -3.39. The number of carbonyl (C=O) groups excluding carboxylic acids is 1. The molecular formula is C21H23F3N2O3S. The summed E-state index contributed by atoms with van der Waals surface area (Å²) in [4.78, 5) is 12.7. The van der Waals surface area contributed by atoms with Crippen molar-refractivity contribution >= 4 is 15.9 Å². The van der Waals surface area contributed by atoms with Gasteiger partial charge in [0.1, 0.15) is 0 Å². The van der Waals surface area contributed by atoms with Gasteiger partial charge in [0.2, 0.25) is 15.9 Å². The zero-order valence-corrected chi connectivity index (χ0v) is 17.3. The number of sulfonamides is 1. The monoisotopic (exact) mass is 440 g/mol. The summed E-state index contributed by atoms with van der Waals surface area (Å²) >= 11 is 0. The summed E-state index contributed by atoms with van der Waals surface area (Å²) in [5.41, 5.74) is 0.500. The van der Waals surface area contributed by atoms with Gasteiger partial charge >= 0.3 is 6.18 Å². The molecule has 0 aliphatic carbocycles. The molecule has 1 N–H and O–H groups in total. The van der Waals surface area contributed by atoms with E-state index in [0.29, 0.717) is 24.9 Å². The fraction of sp³-hybridized carbons (Fsp3) is 0.381. The Bertz CT molecular complexity index is 1000. The van der Waals surface area contributed by atoms with Crippen LogP contribution in [0.4, 0.5) is 13.2 Å². The highest BCUT2D eigenvalue weighted by Crippen LogP contribution is 2.29. The molecule has 2 aromatic carbocycles. The van der Waals surface area contributed by atoms with Crippen LogP contribution in [0.3, 0.4) is 0 Å². The summed E-state index contributed by atoms with van der Waals surface area (Å²) in [6.45, 7) is 2.18. The van der Waals surface area contributed by atoms with Crippen molar-refractivity contribution in [3.8, 4) is 0 Å². The zero-order valence-electron chi connectivity index (χ0n) is 16.4. The van der Waals surface area contributed by atoms with Gasteiger partial charge in [0.15, 0.2) is 0 Å². The van der Waals surface area contributed by atoms with E-state index in [1.807, 2.05) is 6.92 Å². The van der Waals surface area contributed by atoms with Gasteiger partial charge in [0.25, 0.3) is 0 Å². The van der Waals surface area contributed by atoms with E-state index in [1.165, 1.54) is 16.4 Å². The fourth-order valence-electron chi connectivity index (χ4n) is 3.43. The number of nitrogens with zero attached hydrogens (tertiary/aromatic N) is 1. The summed E-state index contributed by atoms with van der Waals surface area (Å²) < 4.78 is 65.5. The van der Waals surface area contributed by atoms with Crippen molar-refractivity contribution in [1.29, 1.82) is 0 Å². The number of amides is 1. The van der Waals surface area contributed by atoms with Crippen LogP contribution in [0.1, 0.15) is 29.5 Å². The van der Waals surface area contributed by atoms with Crippen LogP contribution >= 0.6 is 0 Å². The van der Waals surface area contributed by atoms with Crippen molar-refractivity contribution in [2.75, 3.05) is 13.1 Å². The predicted octanol–water partition coefficient (Wildman–Crippen LogP) is 3.73. The molecular weight excluding hydrogens is 417 g/mol. The lowest BCUT2D eigenvalue weighted by Crippen LogP contribution is -2.45. The average Bonchev–Trinajstić information content (AvgIpc) is 2.72. The second-order valence-corrected chi connectivity index (χ2v) is 9.37. The molecule has 1 aliphatic heterocycles. The molecule has 30 heavy (non-hydrogen) atoms. The summed E-state index contributed by atoms with van der Waals surface area (Å²) in [5.74, 6) is -0.916. The first-order chi connectivity index (χ1) is 14.1. The van der Waals surface area contributed by atoms with E-state index in [4.69, 9.17) is 0 Å². The zero-order chi connectivity index (χ0) is 21.9. The van der Waals surface area contributed by atoms with Gasteiger partial charge in [-0.1, -0.05) is 29.8 Å². The highest BCUT2D eigenvalue weighted by molar-refractivity contribution is 7.89. The van der Waals surface area contributed by atoms with E-state index in [2.05, 4.69) is 5.32 Å². The lowest BCUT2D eigenvalue weighted by molar-refractivity contribution is -0.137. The Hall–Kier alpha value is -2.39. The lowest BCUT2D eigenvalue weighted by Gasteiger charge is -2.31. The summed E-state index contributed by atoms with van der Waals surface area (Å²) in [5, 5.41) is 2.64. The highest BCUT2D eigenvalue weighted by atomic mass is 32.2. The molecule has 9 heteroatoms. The van der Waals surface area contributed by atoms with Gasteiger partial charge in [0, 0.05) is 19.6 Å². The molecule has 0 radical (unpaired) electrons. The molecule has 1 amide bonds. The number of rotatable bonds is 5. The van der Waals surface area contributed by atoms with Gasteiger partial charge in [-0.3, -0.25) is 4.79 Å². The van der Waals surface area contributed by atoms with Crippen LogP contribution in [0.25, 0.3) is 0 Å². The molecule has 1 aliphatic rings. The van der Waals surface area contributed by atoms with Crippen LogP contribution in [0, 0.1) is 12.8 Å². The fourth-order valence-corrected chi connectivity index (χ4v) is 4.95. The van der Waals surface area contributed by atoms with Crippen molar-refractivity contribution in [1.82, 2.24) is 9.62 Å². The van der Waals surface area contributed by atoms with Gasteiger partial charge in [-0.25, -0.2) is 8.42 Å². The van der Waals surface area contributed by atoms with E-state index in [9.17, 15) is 26.4 Å². The maximum atomic E-state index is 12.9. The topological polar surface area (TPSA) is 66.5 Å². The van der Waals surface area contributed by atoms with Gasteiger partial charge in [0.05, 0.1) is 16.4 Å². The minimum absolute atomic E-state index is 0.0463. The van der Waals surface area contributed by atoms with Crippen LogP contribution in [-0.4, -0.2) is 31.7 Å².